The largest absolute Gasteiger partial charge is 0.372 e. The second-order valence-electron chi connectivity index (χ2n) is 4.30. The summed E-state index contributed by atoms with van der Waals surface area (Å²) in [6.07, 6.45) is 5.38. The molecule has 1 aliphatic carbocycles. The van der Waals surface area contributed by atoms with E-state index in [0.717, 1.165) is 44.7 Å². The van der Waals surface area contributed by atoms with Gasteiger partial charge in [0, 0.05) is 37.6 Å². The number of allylic oxidation sites excluding steroid dienone is 2. The lowest BCUT2D eigenvalue weighted by atomic mass is 10.0. The fourth-order valence-corrected chi connectivity index (χ4v) is 2.15. The van der Waals surface area contributed by atoms with Crippen molar-refractivity contribution >= 4 is 5.71 Å². The van der Waals surface area contributed by atoms with E-state index in [0.29, 0.717) is 0 Å². The monoisotopic (exact) mass is 193 g/mol. The van der Waals surface area contributed by atoms with Gasteiger partial charge < -0.3 is 15.2 Å². The molecule has 0 aromatic carbocycles. The van der Waals surface area contributed by atoms with E-state index < -0.39 is 0 Å². The Morgan fingerprint density at radius 1 is 1.14 bits per heavy atom. The number of nitrogens with zero attached hydrogens (tertiary/aromatic N) is 2. The topological polar surface area (TPSA) is 30.3 Å². The summed E-state index contributed by atoms with van der Waals surface area (Å²) >= 11 is 0. The lowest BCUT2D eigenvalue weighted by Crippen LogP contribution is -2.44. The molecule has 0 saturated carbocycles. The van der Waals surface area contributed by atoms with E-state index in [-0.39, 0.29) is 0 Å². The number of hydrogen-bond acceptors (Lipinski definition) is 3. The molecule has 0 atom stereocenters. The van der Waals surface area contributed by atoms with Crippen molar-refractivity contribution in [2.24, 2.45) is 0 Å². The SMILES string of the molecule is CN1CCN(C2=CC(=N)CCC2)CC1. The van der Waals surface area contributed by atoms with E-state index in [1.165, 1.54) is 12.1 Å². The highest BCUT2D eigenvalue weighted by molar-refractivity contribution is 5.93. The van der Waals surface area contributed by atoms with Crippen LogP contribution in [0.25, 0.3) is 0 Å². The normalized spacial score (nSPS) is 25.1. The van der Waals surface area contributed by atoms with Crippen LogP contribution in [0.3, 0.4) is 0 Å². The molecule has 0 aromatic heterocycles. The first-order chi connectivity index (χ1) is 6.75. The van der Waals surface area contributed by atoms with Crippen molar-refractivity contribution in [2.75, 3.05) is 33.2 Å². The van der Waals surface area contributed by atoms with Crippen molar-refractivity contribution in [3.05, 3.63) is 11.8 Å². The zero-order valence-electron chi connectivity index (χ0n) is 8.92. The average molecular weight is 193 g/mol. The molecule has 1 fully saturated rings. The Balaban J connectivity index is 1.97. The Bertz CT molecular complexity index is 249. The van der Waals surface area contributed by atoms with Gasteiger partial charge in [-0.05, 0) is 32.4 Å². The molecule has 0 spiro atoms. The minimum atomic E-state index is 0.810. The molecule has 0 aromatic rings. The minimum absolute atomic E-state index is 0.810. The van der Waals surface area contributed by atoms with Gasteiger partial charge in [0.05, 0.1) is 0 Å². The fraction of sp³-hybridized carbons (Fsp3) is 0.727. The van der Waals surface area contributed by atoms with Crippen LogP contribution >= 0.6 is 0 Å². The molecule has 1 aliphatic heterocycles. The average Bonchev–Trinajstić information content (AvgIpc) is 2.19. The van der Waals surface area contributed by atoms with Crippen molar-refractivity contribution < 1.29 is 0 Å². The van der Waals surface area contributed by atoms with Crippen LogP contribution < -0.4 is 0 Å². The number of nitrogens with one attached hydrogen (secondary N) is 1. The molecule has 3 heteroatoms. The third-order valence-electron chi connectivity index (χ3n) is 3.13. The second kappa shape index (κ2) is 4.13. The highest BCUT2D eigenvalue weighted by Gasteiger charge is 2.18. The van der Waals surface area contributed by atoms with Gasteiger partial charge in [-0.3, -0.25) is 0 Å². The summed E-state index contributed by atoms with van der Waals surface area (Å²) in [5.41, 5.74) is 2.21. The van der Waals surface area contributed by atoms with Crippen LogP contribution in [0.15, 0.2) is 11.8 Å². The number of likely N-dealkylation sites (N-methyl/N-ethyl adjacent to an activating group) is 1. The quantitative estimate of drug-likeness (QED) is 0.681. The highest BCUT2D eigenvalue weighted by atomic mass is 15.2. The highest BCUT2D eigenvalue weighted by Crippen LogP contribution is 2.20. The van der Waals surface area contributed by atoms with E-state index in [2.05, 4.69) is 22.9 Å². The zero-order valence-corrected chi connectivity index (χ0v) is 8.92. The Hall–Kier alpha value is -0.830. The van der Waals surface area contributed by atoms with Crippen LogP contribution in [-0.4, -0.2) is 48.7 Å². The van der Waals surface area contributed by atoms with Gasteiger partial charge >= 0.3 is 0 Å². The Morgan fingerprint density at radius 2 is 1.86 bits per heavy atom. The van der Waals surface area contributed by atoms with Crippen LogP contribution in [0, 0.1) is 5.41 Å². The van der Waals surface area contributed by atoms with Crippen LogP contribution in [0.1, 0.15) is 19.3 Å². The maximum Gasteiger partial charge on any atom is 0.0331 e. The summed E-state index contributed by atoms with van der Waals surface area (Å²) < 4.78 is 0. The van der Waals surface area contributed by atoms with Gasteiger partial charge in [-0.25, -0.2) is 0 Å². The summed E-state index contributed by atoms with van der Waals surface area (Å²) in [5.74, 6) is 0. The molecule has 78 valence electrons. The molecular formula is C11H19N3. The van der Waals surface area contributed by atoms with Gasteiger partial charge in [0.2, 0.25) is 0 Å². The first-order valence-corrected chi connectivity index (χ1v) is 5.47. The molecule has 3 nitrogen and oxygen atoms in total. The number of piperazine rings is 1. The van der Waals surface area contributed by atoms with E-state index in [1.54, 1.807) is 0 Å². The molecule has 0 bridgehead atoms. The standard InChI is InChI=1S/C11H19N3/c1-13-5-7-14(8-6-13)11-4-2-3-10(12)9-11/h9,12H,2-8H2,1H3. The van der Waals surface area contributed by atoms with Crippen LogP contribution in [0.5, 0.6) is 0 Å². The minimum Gasteiger partial charge on any atom is -0.372 e. The molecule has 0 radical (unpaired) electrons. The summed E-state index contributed by atoms with van der Waals surface area (Å²) in [7, 11) is 2.18. The number of hydrogen-bond donors (Lipinski definition) is 1. The third-order valence-corrected chi connectivity index (χ3v) is 3.13. The van der Waals surface area contributed by atoms with Crippen molar-refractivity contribution in [3.63, 3.8) is 0 Å². The molecule has 0 amide bonds. The number of rotatable bonds is 1. The van der Waals surface area contributed by atoms with Gasteiger partial charge in [-0.1, -0.05) is 0 Å². The van der Waals surface area contributed by atoms with Gasteiger partial charge in [0.1, 0.15) is 0 Å². The van der Waals surface area contributed by atoms with Crippen molar-refractivity contribution in [2.45, 2.75) is 19.3 Å². The first-order valence-electron chi connectivity index (χ1n) is 5.47. The zero-order chi connectivity index (χ0) is 9.97. The predicted molar refractivity (Wildman–Crippen MR) is 58.7 cm³/mol. The maximum atomic E-state index is 7.66. The Labute approximate surface area is 85.9 Å². The predicted octanol–water partition coefficient (Wildman–Crippen LogP) is 1.32. The van der Waals surface area contributed by atoms with E-state index in [4.69, 9.17) is 5.41 Å². The maximum absolute atomic E-state index is 7.66. The first kappa shape index (κ1) is 9.71. The van der Waals surface area contributed by atoms with Gasteiger partial charge in [-0.15, -0.1) is 0 Å². The summed E-state index contributed by atoms with van der Waals surface area (Å²) in [4.78, 5) is 4.82. The van der Waals surface area contributed by atoms with E-state index >= 15 is 0 Å². The van der Waals surface area contributed by atoms with Crippen LogP contribution in [-0.2, 0) is 0 Å². The fourth-order valence-electron chi connectivity index (χ4n) is 2.15. The molecule has 1 N–H and O–H groups in total. The molecule has 14 heavy (non-hydrogen) atoms. The third kappa shape index (κ3) is 2.15. The van der Waals surface area contributed by atoms with Crippen molar-refractivity contribution in [1.29, 1.82) is 5.41 Å². The van der Waals surface area contributed by atoms with Crippen molar-refractivity contribution in [1.82, 2.24) is 9.80 Å². The van der Waals surface area contributed by atoms with Crippen molar-refractivity contribution in [3.8, 4) is 0 Å². The molecular weight excluding hydrogens is 174 g/mol. The summed E-state index contributed by atoms with van der Waals surface area (Å²) in [6.45, 7) is 4.58. The molecule has 1 heterocycles. The lowest BCUT2D eigenvalue weighted by Gasteiger charge is -2.36. The molecule has 1 saturated heterocycles. The molecule has 0 unspecified atom stereocenters. The second-order valence-corrected chi connectivity index (χ2v) is 4.30. The lowest BCUT2D eigenvalue weighted by molar-refractivity contribution is 0.181. The van der Waals surface area contributed by atoms with Crippen LogP contribution in [0.2, 0.25) is 0 Å². The summed E-state index contributed by atoms with van der Waals surface area (Å²) in [6, 6.07) is 0. The van der Waals surface area contributed by atoms with Crippen LogP contribution in [0.4, 0.5) is 0 Å². The Kier molecular flexibility index (Phi) is 2.87. The van der Waals surface area contributed by atoms with E-state index in [1.807, 2.05) is 0 Å². The van der Waals surface area contributed by atoms with Gasteiger partial charge in [-0.2, -0.15) is 0 Å². The smallest absolute Gasteiger partial charge is 0.0331 e. The molecule has 2 rings (SSSR count). The van der Waals surface area contributed by atoms with E-state index in [9.17, 15) is 0 Å². The Morgan fingerprint density at radius 3 is 2.50 bits per heavy atom. The van der Waals surface area contributed by atoms with Gasteiger partial charge in [0.15, 0.2) is 0 Å². The molecule has 2 aliphatic rings. The van der Waals surface area contributed by atoms with Gasteiger partial charge in [0.25, 0.3) is 0 Å². The summed E-state index contributed by atoms with van der Waals surface area (Å²) in [5, 5.41) is 7.66.